The molecule has 1 aliphatic carbocycles. The molecule has 2 heterocycles. The van der Waals surface area contributed by atoms with Gasteiger partial charge in [-0.3, -0.25) is 9.69 Å². The molecule has 1 saturated heterocycles. The lowest BCUT2D eigenvalue weighted by Crippen LogP contribution is -2.41. The van der Waals surface area contributed by atoms with Gasteiger partial charge in [0.2, 0.25) is 0 Å². The number of hydrogen-bond donors (Lipinski definition) is 1. The average Bonchev–Trinajstić information content (AvgIpc) is 3.38. The normalized spacial score (nSPS) is 23.2. The maximum Gasteiger partial charge on any atom is 0.573 e. The van der Waals surface area contributed by atoms with Crippen LogP contribution in [0.15, 0.2) is 36.8 Å². The molecule has 1 saturated carbocycles. The zero-order valence-corrected chi connectivity index (χ0v) is 19.6. The Kier molecular flexibility index (Phi) is 6.65. The summed E-state index contributed by atoms with van der Waals surface area (Å²) in [6.45, 7) is 6.11. The van der Waals surface area contributed by atoms with Crippen molar-refractivity contribution in [2.45, 2.75) is 51.2 Å². The van der Waals surface area contributed by atoms with Crippen molar-refractivity contribution in [3.63, 3.8) is 0 Å². The largest absolute Gasteiger partial charge is 0.573 e. The third-order valence-electron chi connectivity index (χ3n) is 6.52. The topological polar surface area (TPSA) is 70.8 Å². The molecular formula is C24H31F3N4O3. The van der Waals surface area contributed by atoms with Crippen LogP contribution in [-0.4, -0.2) is 68.0 Å². The van der Waals surface area contributed by atoms with E-state index >= 15 is 0 Å². The number of amides is 1. The van der Waals surface area contributed by atoms with E-state index in [1.54, 1.807) is 49.0 Å². The first kappa shape index (κ1) is 24.5. The molecule has 1 aliphatic heterocycles. The summed E-state index contributed by atoms with van der Waals surface area (Å²) in [5, 5.41) is 10.2. The molecule has 34 heavy (non-hydrogen) atoms. The van der Waals surface area contributed by atoms with Crippen molar-refractivity contribution in [2.75, 3.05) is 19.6 Å². The molecule has 1 amide bonds. The Morgan fingerprint density at radius 1 is 1.24 bits per heavy atom. The number of aliphatic hydroxyl groups is 1. The van der Waals surface area contributed by atoms with Crippen LogP contribution in [0.2, 0.25) is 0 Å². The van der Waals surface area contributed by atoms with E-state index in [2.05, 4.69) is 14.6 Å². The molecule has 1 unspecified atom stereocenters. The van der Waals surface area contributed by atoms with Gasteiger partial charge in [0, 0.05) is 45.5 Å². The zero-order valence-electron chi connectivity index (χ0n) is 19.6. The number of aryl methyl sites for hydroxylation is 1. The van der Waals surface area contributed by atoms with Crippen LogP contribution in [-0.2, 0) is 13.6 Å². The number of aromatic nitrogens is 2. The Morgan fingerprint density at radius 2 is 1.91 bits per heavy atom. The predicted octanol–water partition coefficient (Wildman–Crippen LogP) is 3.44. The monoisotopic (exact) mass is 480 g/mol. The average molecular weight is 481 g/mol. The molecule has 2 aliphatic rings. The molecule has 186 valence electrons. The number of fused-ring (bicyclic) bond motifs is 1. The highest BCUT2D eigenvalue weighted by Crippen LogP contribution is 2.41. The minimum Gasteiger partial charge on any atom is -0.406 e. The van der Waals surface area contributed by atoms with Crippen molar-refractivity contribution in [3.8, 4) is 5.75 Å². The second-order valence-electron chi connectivity index (χ2n) is 10.2. The number of imidazole rings is 1. The molecule has 1 aromatic heterocycles. The summed E-state index contributed by atoms with van der Waals surface area (Å²) in [4.78, 5) is 21.6. The Morgan fingerprint density at radius 3 is 2.47 bits per heavy atom. The summed E-state index contributed by atoms with van der Waals surface area (Å²) in [5.41, 5.74) is 0.111. The molecule has 0 bridgehead atoms. The van der Waals surface area contributed by atoms with E-state index in [1.165, 1.54) is 18.2 Å². The van der Waals surface area contributed by atoms with Crippen LogP contribution in [0.4, 0.5) is 13.2 Å². The van der Waals surface area contributed by atoms with Crippen molar-refractivity contribution in [1.29, 1.82) is 0 Å². The van der Waals surface area contributed by atoms with E-state index in [0.717, 1.165) is 25.9 Å². The number of ether oxygens (including phenoxy) is 1. The van der Waals surface area contributed by atoms with Crippen LogP contribution in [0.1, 0.15) is 42.7 Å². The summed E-state index contributed by atoms with van der Waals surface area (Å²) in [6.07, 6.45) is 0.0507. The third kappa shape index (κ3) is 6.09. The number of rotatable bonds is 7. The smallest absolute Gasteiger partial charge is 0.406 e. The lowest BCUT2D eigenvalue weighted by Gasteiger charge is -2.31. The molecule has 2 aromatic rings. The van der Waals surface area contributed by atoms with Crippen LogP contribution in [0.5, 0.6) is 5.75 Å². The number of halogens is 3. The van der Waals surface area contributed by atoms with E-state index < -0.39 is 12.0 Å². The van der Waals surface area contributed by atoms with Crippen LogP contribution in [0.25, 0.3) is 0 Å². The van der Waals surface area contributed by atoms with E-state index in [1.807, 2.05) is 0 Å². The lowest BCUT2D eigenvalue weighted by atomic mass is 10.0. The lowest BCUT2D eigenvalue weighted by molar-refractivity contribution is -0.274. The number of β-amino-alcohol motifs (C(OH)–C–C–N with tert-alkyl or cyclic N) is 1. The molecular weight excluding hydrogens is 449 g/mol. The van der Waals surface area contributed by atoms with Crippen LogP contribution in [0, 0.1) is 11.8 Å². The first-order valence-corrected chi connectivity index (χ1v) is 11.4. The first-order chi connectivity index (χ1) is 15.9. The minimum absolute atomic E-state index is 0.0408. The molecule has 1 aromatic carbocycles. The fraction of sp³-hybridized carbons (Fsp3) is 0.583. The Hall–Kier alpha value is -2.59. The van der Waals surface area contributed by atoms with E-state index in [9.17, 15) is 23.1 Å². The molecule has 4 rings (SSSR count). The fourth-order valence-electron chi connectivity index (χ4n) is 5.37. The van der Waals surface area contributed by atoms with Crippen molar-refractivity contribution in [2.24, 2.45) is 18.9 Å². The Bertz CT molecular complexity index is 1000. The highest BCUT2D eigenvalue weighted by atomic mass is 19.4. The summed E-state index contributed by atoms with van der Waals surface area (Å²) >= 11 is 0. The van der Waals surface area contributed by atoms with Gasteiger partial charge in [0.25, 0.3) is 5.91 Å². The summed E-state index contributed by atoms with van der Waals surface area (Å²) in [6, 6.07) is 5.73. The minimum atomic E-state index is -4.78. The fourth-order valence-corrected chi connectivity index (χ4v) is 5.37. The first-order valence-electron chi connectivity index (χ1n) is 11.4. The summed E-state index contributed by atoms with van der Waals surface area (Å²) in [5.74, 6) is 0.277. The molecule has 1 N–H and O–H groups in total. The number of carbonyl (C=O) groups excluding carboxylic acids is 1. The molecule has 3 atom stereocenters. The zero-order chi connectivity index (χ0) is 24.7. The highest BCUT2D eigenvalue weighted by molar-refractivity contribution is 5.92. The Balaban J connectivity index is 1.51. The van der Waals surface area contributed by atoms with Gasteiger partial charge in [0.15, 0.2) is 0 Å². The molecule has 7 nitrogen and oxygen atoms in total. The Labute approximate surface area is 197 Å². The molecule has 0 spiro atoms. The number of carbonyl (C=O) groups is 1. The van der Waals surface area contributed by atoms with Crippen molar-refractivity contribution in [1.82, 2.24) is 19.4 Å². The van der Waals surface area contributed by atoms with Gasteiger partial charge >= 0.3 is 6.36 Å². The van der Waals surface area contributed by atoms with Gasteiger partial charge in [-0.15, -0.1) is 13.2 Å². The quantitative estimate of drug-likeness (QED) is 0.658. The number of benzene rings is 1. The number of alkyl halides is 3. The van der Waals surface area contributed by atoms with Gasteiger partial charge in [-0.05, 0) is 56.2 Å². The van der Waals surface area contributed by atoms with Crippen molar-refractivity contribution < 1.29 is 27.8 Å². The van der Waals surface area contributed by atoms with Gasteiger partial charge in [-0.1, -0.05) is 12.1 Å². The van der Waals surface area contributed by atoms with Gasteiger partial charge in [0.1, 0.15) is 11.4 Å². The van der Waals surface area contributed by atoms with Gasteiger partial charge in [-0.25, -0.2) is 4.98 Å². The van der Waals surface area contributed by atoms with E-state index in [-0.39, 0.29) is 24.2 Å². The number of hydrogen-bond acceptors (Lipinski definition) is 5. The second-order valence-corrected chi connectivity index (χ2v) is 10.2. The van der Waals surface area contributed by atoms with Crippen LogP contribution >= 0.6 is 0 Å². The van der Waals surface area contributed by atoms with Crippen LogP contribution < -0.4 is 4.74 Å². The third-order valence-corrected chi connectivity index (χ3v) is 6.52. The van der Waals surface area contributed by atoms with Gasteiger partial charge < -0.3 is 19.3 Å². The van der Waals surface area contributed by atoms with E-state index in [4.69, 9.17) is 0 Å². The van der Waals surface area contributed by atoms with Gasteiger partial charge in [-0.2, -0.15) is 0 Å². The van der Waals surface area contributed by atoms with E-state index in [0.29, 0.717) is 29.6 Å². The summed E-state index contributed by atoms with van der Waals surface area (Å²) in [7, 11) is 1.78. The van der Waals surface area contributed by atoms with Gasteiger partial charge in [0.05, 0.1) is 11.9 Å². The summed E-state index contributed by atoms with van der Waals surface area (Å²) < 4.78 is 43.8. The van der Waals surface area contributed by atoms with Crippen molar-refractivity contribution >= 4 is 5.91 Å². The second kappa shape index (κ2) is 9.22. The SMILES string of the molecule is Cn1cnc(C(=O)N(Cc2cccc(OC(F)(F)F)c2)C2C[C@@H]3CN(CC(C)(C)O)C[C@@H]3C2)c1. The van der Waals surface area contributed by atoms with Crippen molar-refractivity contribution in [3.05, 3.63) is 48.0 Å². The number of nitrogens with zero attached hydrogens (tertiary/aromatic N) is 4. The number of likely N-dealkylation sites (tertiary alicyclic amines) is 1. The van der Waals surface area contributed by atoms with Crippen LogP contribution in [0.3, 0.4) is 0 Å². The molecule has 2 fully saturated rings. The highest BCUT2D eigenvalue weighted by Gasteiger charge is 2.44. The maximum atomic E-state index is 13.4. The maximum absolute atomic E-state index is 13.4. The molecule has 10 heteroatoms. The molecule has 0 radical (unpaired) electrons. The standard InChI is InChI=1S/C24H31F3N4O3/c1-23(2,33)14-30-11-17-8-19(9-18(17)12-30)31(22(32)21-13-29(3)15-28-21)10-16-5-4-6-20(7-16)34-24(25,26)27/h4-7,13,15,17-19,33H,8-12,14H2,1-3H3/t17-,18+,19?. The predicted molar refractivity (Wildman–Crippen MR) is 119 cm³/mol.